The minimum absolute atomic E-state index is 0.160. The molecule has 0 aliphatic carbocycles. The number of ether oxygens (including phenoxy) is 1. The average molecular weight is 476 g/mol. The molecule has 3 heterocycles. The molecular formula is C25H25N5O3S. The first-order valence-corrected chi connectivity index (χ1v) is 11.8. The fraction of sp³-hybridized carbons (Fsp3) is 0.280. The van der Waals surface area contributed by atoms with Crippen molar-refractivity contribution in [1.82, 2.24) is 15.2 Å². The first kappa shape index (κ1) is 23.3. The molecular weight excluding hydrogens is 450 g/mol. The molecule has 0 saturated heterocycles. The third-order valence-corrected chi connectivity index (χ3v) is 6.82. The third-order valence-electron chi connectivity index (χ3n) is 5.69. The van der Waals surface area contributed by atoms with E-state index in [1.54, 1.807) is 24.4 Å². The normalized spacial score (nSPS) is 12.4. The topological polar surface area (TPSA) is 107 Å². The SMILES string of the molecule is COc1ccccc1CCC(=O)Nc1sc2c(c1C#N)CCN(C(=O)NCc1cccnc1)C2. The van der Waals surface area contributed by atoms with Gasteiger partial charge in [0, 0.05) is 36.8 Å². The van der Waals surface area contributed by atoms with Gasteiger partial charge in [0.15, 0.2) is 0 Å². The molecule has 3 amide bonds. The number of nitrogens with zero attached hydrogens (tertiary/aromatic N) is 3. The Morgan fingerprint density at radius 2 is 2.12 bits per heavy atom. The van der Waals surface area contributed by atoms with Crippen molar-refractivity contribution in [3.63, 3.8) is 0 Å². The van der Waals surface area contributed by atoms with E-state index >= 15 is 0 Å². The average Bonchev–Trinajstić information content (AvgIpc) is 3.22. The molecule has 0 unspecified atom stereocenters. The van der Waals surface area contributed by atoms with Gasteiger partial charge in [0.1, 0.15) is 16.8 Å². The van der Waals surface area contributed by atoms with Gasteiger partial charge in [0.2, 0.25) is 5.91 Å². The van der Waals surface area contributed by atoms with Crippen LogP contribution in [0.4, 0.5) is 9.80 Å². The summed E-state index contributed by atoms with van der Waals surface area (Å²) < 4.78 is 5.35. The third kappa shape index (κ3) is 5.35. The van der Waals surface area contributed by atoms with Crippen molar-refractivity contribution in [2.45, 2.75) is 32.4 Å². The maximum atomic E-state index is 12.6. The highest BCUT2D eigenvalue weighted by Crippen LogP contribution is 2.36. The number of carbonyl (C=O) groups is 2. The molecule has 1 aromatic carbocycles. The van der Waals surface area contributed by atoms with Gasteiger partial charge in [0.05, 0.1) is 19.2 Å². The molecule has 174 valence electrons. The summed E-state index contributed by atoms with van der Waals surface area (Å²) in [5.41, 5.74) is 3.30. The number of aryl methyl sites for hydroxylation is 1. The van der Waals surface area contributed by atoms with Crippen LogP contribution in [-0.2, 0) is 30.7 Å². The Balaban J connectivity index is 1.37. The van der Waals surface area contributed by atoms with E-state index in [2.05, 4.69) is 21.7 Å². The van der Waals surface area contributed by atoms with Crippen LogP contribution in [0.3, 0.4) is 0 Å². The largest absolute Gasteiger partial charge is 0.496 e. The summed E-state index contributed by atoms with van der Waals surface area (Å²) in [6.45, 7) is 1.32. The van der Waals surface area contributed by atoms with Crippen molar-refractivity contribution in [3.05, 3.63) is 75.9 Å². The van der Waals surface area contributed by atoms with Crippen LogP contribution in [0.15, 0.2) is 48.8 Å². The molecule has 9 heteroatoms. The Hall–Kier alpha value is -3.90. The van der Waals surface area contributed by atoms with E-state index in [0.29, 0.717) is 43.0 Å². The van der Waals surface area contributed by atoms with Crippen LogP contribution in [0.25, 0.3) is 0 Å². The highest BCUT2D eigenvalue weighted by atomic mass is 32.1. The van der Waals surface area contributed by atoms with Gasteiger partial charge in [-0.05, 0) is 41.7 Å². The zero-order valence-corrected chi connectivity index (χ0v) is 19.7. The fourth-order valence-electron chi connectivity index (χ4n) is 3.92. The molecule has 34 heavy (non-hydrogen) atoms. The second kappa shape index (κ2) is 10.8. The summed E-state index contributed by atoms with van der Waals surface area (Å²) in [6, 6.07) is 13.4. The lowest BCUT2D eigenvalue weighted by atomic mass is 10.0. The van der Waals surface area contributed by atoms with E-state index < -0.39 is 0 Å². The summed E-state index contributed by atoms with van der Waals surface area (Å²) in [4.78, 5) is 32.0. The lowest BCUT2D eigenvalue weighted by molar-refractivity contribution is -0.116. The number of para-hydroxylation sites is 1. The molecule has 1 aliphatic heterocycles. The molecule has 0 bridgehead atoms. The summed E-state index contributed by atoms with van der Waals surface area (Å²) in [5, 5.41) is 16.1. The molecule has 2 aromatic heterocycles. The second-order valence-corrected chi connectivity index (χ2v) is 8.98. The van der Waals surface area contributed by atoms with Crippen molar-refractivity contribution in [2.75, 3.05) is 19.0 Å². The van der Waals surface area contributed by atoms with Crippen LogP contribution < -0.4 is 15.4 Å². The van der Waals surface area contributed by atoms with Crippen molar-refractivity contribution in [3.8, 4) is 11.8 Å². The Labute approximate surface area is 202 Å². The number of carbonyl (C=O) groups excluding carboxylic acids is 2. The zero-order chi connectivity index (χ0) is 23.9. The van der Waals surface area contributed by atoms with Gasteiger partial charge in [-0.1, -0.05) is 24.3 Å². The molecule has 0 saturated carbocycles. The van der Waals surface area contributed by atoms with Crippen molar-refractivity contribution in [1.29, 1.82) is 5.26 Å². The molecule has 4 rings (SSSR count). The highest BCUT2D eigenvalue weighted by Gasteiger charge is 2.27. The van der Waals surface area contributed by atoms with Gasteiger partial charge in [-0.15, -0.1) is 11.3 Å². The predicted octanol–water partition coefficient (Wildman–Crippen LogP) is 3.86. The van der Waals surface area contributed by atoms with Gasteiger partial charge >= 0.3 is 6.03 Å². The van der Waals surface area contributed by atoms with E-state index in [-0.39, 0.29) is 18.4 Å². The molecule has 3 aromatic rings. The Morgan fingerprint density at radius 3 is 2.88 bits per heavy atom. The van der Waals surface area contributed by atoms with E-state index in [4.69, 9.17) is 4.74 Å². The standard InChI is InChI=1S/C25H25N5O3S/c1-33-21-7-3-2-6-18(21)8-9-23(31)29-24-20(13-26)19-10-12-30(16-22(19)34-24)25(32)28-15-17-5-4-11-27-14-17/h2-7,11,14H,8-10,12,15-16H2,1H3,(H,28,32)(H,29,31). The number of fused-ring (bicyclic) bond motifs is 1. The first-order chi connectivity index (χ1) is 16.6. The maximum absolute atomic E-state index is 12.6. The summed E-state index contributed by atoms with van der Waals surface area (Å²) in [6.07, 6.45) is 4.79. The smallest absolute Gasteiger partial charge is 0.318 e. The Kier molecular flexibility index (Phi) is 7.40. The Morgan fingerprint density at radius 1 is 1.26 bits per heavy atom. The zero-order valence-electron chi connectivity index (χ0n) is 18.8. The molecule has 0 radical (unpaired) electrons. The summed E-state index contributed by atoms with van der Waals surface area (Å²) in [5.74, 6) is 0.591. The van der Waals surface area contributed by atoms with Crippen LogP contribution >= 0.6 is 11.3 Å². The Bertz CT molecular complexity index is 1220. The maximum Gasteiger partial charge on any atom is 0.318 e. The number of thiophene rings is 1. The fourth-order valence-corrected chi connectivity index (χ4v) is 5.15. The number of urea groups is 1. The van der Waals surface area contributed by atoms with Gasteiger partial charge < -0.3 is 20.3 Å². The van der Waals surface area contributed by atoms with Crippen LogP contribution in [0.5, 0.6) is 5.75 Å². The van der Waals surface area contributed by atoms with Crippen molar-refractivity contribution < 1.29 is 14.3 Å². The van der Waals surface area contributed by atoms with E-state index in [1.165, 1.54) is 11.3 Å². The number of amides is 3. The highest BCUT2D eigenvalue weighted by molar-refractivity contribution is 7.16. The first-order valence-electron chi connectivity index (χ1n) is 11.0. The van der Waals surface area contributed by atoms with Crippen LogP contribution in [0.1, 0.15) is 33.6 Å². The predicted molar refractivity (Wildman–Crippen MR) is 130 cm³/mol. The van der Waals surface area contributed by atoms with Gasteiger partial charge in [0.25, 0.3) is 0 Å². The minimum atomic E-state index is -0.163. The number of anilines is 1. The summed E-state index contributed by atoms with van der Waals surface area (Å²) >= 11 is 1.37. The van der Waals surface area contributed by atoms with Crippen molar-refractivity contribution in [2.24, 2.45) is 0 Å². The van der Waals surface area contributed by atoms with Gasteiger partial charge in [-0.3, -0.25) is 9.78 Å². The number of aromatic nitrogens is 1. The molecule has 8 nitrogen and oxygen atoms in total. The van der Waals surface area contributed by atoms with E-state index in [9.17, 15) is 14.9 Å². The van der Waals surface area contributed by atoms with Crippen LogP contribution in [-0.4, -0.2) is 35.5 Å². The van der Waals surface area contributed by atoms with Crippen LogP contribution in [0, 0.1) is 11.3 Å². The number of hydrogen-bond donors (Lipinski definition) is 2. The number of nitrogens with one attached hydrogen (secondary N) is 2. The monoisotopic (exact) mass is 475 g/mol. The number of rotatable bonds is 7. The molecule has 0 fully saturated rings. The number of hydrogen-bond acceptors (Lipinski definition) is 6. The van der Waals surface area contributed by atoms with E-state index in [0.717, 1.165) is 27.3 Å². The van der Waals surface area contributed by atoms with Crippen LogP contribution in [0.2, 0.25) is 0 Å². The number of methoxy groups -OCH3 is 1. The second-order valence-electron chi connectivity index (χ2n) is 7.87. The number of nitriles is 1. The van der Waals surface area contributed by atoms with Crippen molar-refractivity contribution >= 4 is 28.3 Å². The molecule has 1 aliphatic rings. The molecule has 0 spiro atoms. The quantitative estimate of drug-likeness (QED) is 0.540. The van der Waals surface area contributed by atoms with E-state index in [1.807, 2.05) is 36.4 Å². The molecule has 0 atom stereocenters. The number of benzene rings is 1. The van der Waals surface area contributed by atoms with Gasteiger partial charge in [-0.25, -0.2) is 4.79 Å². The molecule has 2 N–H and O–H groups in total. The number of pyridine rings is 1. The minimum Gasteiger partial charge on any atom is -0.496 e. The lowest BCUT2D eigenvalue weighted by Crippen LogP contribution is -2.42. The lowest BCUT2D eigenvalue weighted by Gasteiger charge is -2.27. The van der Waals surface area contributed by atoms with Gasteiger partial charge in [-0.2, -0.15) is 5.26 Å². The summed E-state index contributed by atoms with van der Waals surface area (Å²) in [7, 11) is 1.61.